The summed E-state index contributed by atoms with van der Waals surface area (Å²) in [5.41, 5.74) is 1.38. The molecule has 2 fully saturated rings. The number of carbonyl (C=O) groups is 1. The molecule has 2 rings (SSSR count). The molecule has 0 aromatic rings. The van der Waals surface area contributed by atoms with Gasteiger partial charge in [-0.2, -0.15) is 0 Å². The van der Waals surface area contributed by atoms with Crippen molar-refractivity contribution in [2.24, 2.45) is 0 Å². The zero-order chi connectivity index (χ0) is 9.10. The zero-order valence-electron chi connectivity index (χ0n) is 7.81. The van der Waals surface area contributed by atoms with Crippen LogP contribution in [0.2, 0.25) is 0 Å². The SMILES string of the molecule is O=C(NC=C1CCCC1)NC1CC1. The number of nitrogens with one attached hydrogen (secondary N) is 2. The summed E-state index contributed by atoms with van der Waals surface area (Å²) in [5, 5.41) is 5.67. The largest absolute Gasteiger partial charge is 0.335 e. The highest BCUT2D eigenvalue weighted by atomic mass is 16.2. The molecular weight excluding hydrogens is 164 g/mol. The van der Waals surface area contributed by atoms with Crippen molar-refractivity contribution in [3.05, 3.63) is 11.8 Å². The number of hydrogen-bond acceptors (Lipinski definition) is 1. The van der Waals surface area contributed by atoms with Crippen LogP contribution in [-0.4, -0.2) is 12.1 Å². The fourth-order valence-corrected chi connectivity index (χ4v) is 1.60. The second-order valence-corrected chi connectivity index (χ2v) is 3.90. The summed E-state index contributed by atoms with van der Waals surface area (Å²) in [6.45, 7) is 0. The average molecular weight is 180 g/mol. The lowest BCUT2D eigenvalue weighted by Crippen LogP contribution is -2.33. The zero-order valence-corrected chi connectivity index (χ0v) is 7.81. The second-order valence-electron chi connectivity index (χ2n) is 3.90. The van der Waals surface area contributed by atoms with Gasteiger partial charge in [-0.1, -0.05) is 5.57 Å². The van der Waals surface area contributed by atoms with Gasteiger partial charge in [0.2, 0.25) is 0 Å². The van der Waals surface area contributed by atoms with E-state index in [0.29, 0.717) is 6.04 Å². The highest BCUT2D eigenvalue weighted by Gasteiger charge is 2.22. The van der Waals surface area contributed by atoms with Crippen LogP contribution >= 0.6 is 0 Å². The molecule has 0 radical (unpaired) electrons. The molecule has 0 bridgehead atoms. The van der Waals surface area contributed by atoms with Crippen LogP contribution in [0.25, 0.3) is 0 Å². The number of amides is 2. The van der Waals surface area contributed by atoms with Crippen LogP contribution in [-0.2, 0) is 0 Å². The molecule has 0 aliphatic heterocycles. The van der Waals surface area contributed by atoms with E-state index in [1.165, 1.54) is 18.4 Å². The van der Waals surface area contributed by atoms with Crippen LogP contribution in [0.1, 0.15) is 38.5 Å². The number of hydrogen-bond donors (Lipinski definition) is 2. The number of carbonyl (C=O) groups excluding carboxylic acids is 1. The maximum absolute atomic E-state index is 11.2. The number of rotatable bonds is 2. The van der Waals surface area contributed by atoms with Crippen molar-refractivity contribution in [3.63, 3.8) is 0 Å². The molecule has 0 aromatic carbocycles. The standard InChI is InChI=1S/C10H16N2O/c13-10(12-9-5-6-9)11-7-8-3-1-2-4-8/h7,9H,1-6H2,(H2,11,12,13). The van der Waals surface area contributed by atoms with Crippen LogP contribution in [0.15, 0.2) is 11.8 Å². The maximum atomic E-state index is 11.2. The Balaban J connectivity index is 1.70. The van der Waals surface area contributed by atoms with Gasteiger partial charge in [0, 0.05) is 12.2 Å². The third kappa shape index (κ3) is 2.76. The normalized spacial score (nSPS) is 21.4. The van der Waals surface area contributed by atoms with Gasteiger partial charge < -0.3 is 10.6 Å². The first-order chi connectivity index (χ1) is 6.34. The van der Waals surface area contributed by atoms with Gasteiger partial charge in [-0.3, -0.25) is 0 Å². The van der Waals surface area contributed by atoms with Gasteiger partial charge in [-0.15, -0.1) is 0 Å². The van der Waals surface area contributed by atoms with E-state index in [-0.39, 0.29) is 6.03 Å². The molecule has 2 amide bonds. The van der Waals surface area contributed by atoms with Crippen molar-refractivity contribution in [1.82, 2.24) is 10.6 Å². The highest BCUT2D eigenvalue weighted by Crippen LogP contribution is 2.22. The monoisotopic (exact) mass is 180 g/mol. The lowest BCUT2D eigenvalue weighted by Gasteiger charge is -2.02. The smallest absolute Gasteiger partial charge is 0.318 e. The van der Waals surface area contributed by atoms with E-state index in [1.807, 2.05) is 6.20 Å². The average Bonchev–Trinajstić information content (AvgIpc) is 2.78. The van der Waals surface area contributed by atoms with Gasteiger partial charge in [-0.05, 0) is 38.5 Å². The molecule has 0 heterocycles. The van der Waals surface area contributed by atoms with E-state index in [0.717, 1.165) is 25.7 Å². The molecule has 0 aromatic heterocycles. The number of allylic oxidation sites excluding steroid dienone is 1. The summed E-state index contributed by atoms with van der Waals surface area (Å²) in [6.07, 6.45) is 9.03. The van der Waals surface area contributed by atoms with Crippen molar-refractivity contribution in [3.8, 4) is 0 Å². The Morgan fingerprint density at radius 3 is 2.62 bits per heavy atom. The first-order valence-corrected chi connectivity index (χ1v) is 5.09. The first kappa shape index (κ1) is 8.60. The Morgan fingerprint density at radius 2 is 2.00 bits per heavy atom. The molecule has 2 saturated carbocycles. The molecule has 3 nitrogen and oxygen atoms in total. The summed E-state index contributed by atoms with van der Waals surface area (Å²) in [4.78, 5) is 11.2. The quantitative estimate of drug-likeness (QED) is 0.669. The van der Waals surface area contributed by atoms with Crippen molar-refractivity contribution in [2.75, 3.05) is 0 Å². The fourth-order valence-electron chi connectivity index (χ4n) is 1.60. The number of urea groups is 1. The van der Waals surface area contributed by atoms with E-state index in [9.17, 15) is 4.79 Å². The second kappa shape index (κ2) is 3.81. The Bertz CT molecular complexity index is 223. The molecule has 3 heteroatoms. The lowest BCUT2D eigenvalue weighted by molar-refractivity contribution is 0.243. The molecule has 2 N–H and O–H groups in total. The predicted octanol–water partition coefficient (Wildman–Crippen LogP) is 1.91. The Morgan fingerprint density at radius 1 is 1.31 bits per heavy atom. The minimum absolute atomic E-state index is 0.0399. The fraction of sp³-hybridized carbons (Fsp3) is 0.700. The van der Waals surface area contributed by atoms with Crippen LogP contribution in [0.3, 0.4) is 0 Å². The molecule has 2 aliphatic carbocycles. The third-order valence-electron chi connectivity index (χ3n) is 2.57. The van der Waals surface area contributed by atoms with Crippen molar-refractivity contribution in [2.45, 2.75) is 44.6 Å². The maximum Gasteiger partial charge on any atom is 0.318 e. The topological polar surface area (TPSA) is 41.1 Å². The Hall–Kier alpha value is -0.990. The molecule has 0 saturated heterocycles. The van der Waals surface area contributed by atoms with Gasteiger partial charge in [0.25, 0.3) is 0 Å². The molecule has 0 spiro atoms. The molecule has 2 aliphatic rings. The highest BCUT2D eigenvalue weighted by molar-refractivity contribution is 5.75. The molecular formula is C10H16N2O. The van der Waals surface area contributed by atoms with Gasteiger partial charge in [0.1, 0.15) is 0 Å². The van der Waals surface area contributed by atoms with E-state index in [4.69, 9.17) is 0 Å². The summed E-state index contributed by atoms with van der Waals surface area (Å²) in [5.74, 6) is 0. The van der Waals surface area contributed by atoms with Crippen molar-refractivity contribution < 1.29 is 4.79 Å². The van der Waals surface area contributed by atoms with E-state index in [1.54, 1.807) is 0 Å². The molecule has 0 unspecified atom stereocenters. The summed E-state index contributed by atoms with van der Waals surface area (Å²) in [6, 6.07) is 0.406. The predicted molar refractivity (Wildman–Crippen MR) is 51.2 cm³/mol. The first-order valence-electron chi connectivity index (χ1n) is 5.09. The summed E-state index contributed by atoms with van der Waals surface area (Å²) >= 11 is 0. The van der Waals surface area contributed by atoms with Gasteiger partial charge >= 0.3 is 6.03 Å². The van der Waals surface area contributed by atoms with E-state index < -0.39 is 0 Å². The van der Waals surface area contributed by atoms with Gasteiger partial charge in [0.15, 0.2) is 0 Å². The van der Waals surface area contributed by atoms with E-state index >= 15 is 0 Å². The van der Waals surface area contributed by atoms with Crippen molar-refractivity contribution in [1.29, 1.82) is 0 Å². The van der Waals surface area contributed by atoms with Crippen LogP contribution in [0.5, 0.6) is 0 Å². The van der Waals surface area contributed by atoms with E-state index in [2.05, 4.69) is 10.6 Å². The third-order valence-corrected chi connectivity index (χ3v) is 2.57. The summed E-state index contributed by atoms with van der Waals surface area (Å²) in [7, 11) is 0. The van der Waals surface area contributed by atoms with Gasteiger partial charge in [0.05, 0.1) is 0 Å². The molecule has 13 heavy (non-hydrogen) atoms. The van der Waals surface area contributed by atoms with Gasteiger partial charge in [-0.25, -0.2) is 4.79 Å². The minimum atomic E-state index is -0.0399. The Labute approximate surface area is 78.6 Å². The van der Waals surface area contributed by atoms with Crippen molar-refractivity contribution >= 4 is 6.03 Å². The summed E-state index contributed by atoms with van der Waals surface area (Å²) < 4.78 is 0. The van der Waals surface area contributed by atoms with Crippen LogP contribution < -0.4 is 10.6 Å². The van der Waals surface area contributed by atoms with Crippen LogP contribution in [0.4, 0.5) is 4.79 Å². The minimum Gasteiger partial charge on any atom is -0.335 e. The lowest BCUT2D eigenvalue weighted by atomic mass is 10.2. The Kier molecular flexibility index (Phi) is 2.52. The van der Waals surface area contributed by atoms with Crippen LogP contribution in [0, 0.1) is 0 Å². The molecule has 0 atom stereocenters. The molecule has 72 valence electrons.